The number of hydrogen-bond donors (Lipinski definition) is 1. The van der Waals surface area contributed by atoms with E-state index < -0.39 is 11.6 Å². The van der Waals surface area contributed by atoms with Crippen LogP contribution in [0, 0.1) is 0 Å². The zero-order chi connectivity index (χ0) is 25.0. The lowest BCUT2D eigenvalue weighted by atomic mass is 10.1. The number of hydrogen-bond acceptors (Lipinski definition) is 3. The Bertz CT molecular complexity index is 1210. The summed E-state index contributed by atoms with van der Waals surface area (Å²) in [7, 11) is 0. The highest BCUT2D eigenvalue weighted by molar-refractivity contribution is 9.10. The van der Waals surface area contributed by atoms with Gasteiger partial charge in [0, 0.05) is 12.1 Å². The number of nitrogens with one attached hydrogen (secondary N) is 1. The van der Waals surface area contributed by atoms with Crippen molar-refractivity contribution in [1.82, 2.24) is 10.2 Å². The molecule has 0 aromatic heterocycles. The lowest BCUT2D eigenvalue weighted by Crippen LogP contribution is -2.53. The van der Waals surface area contributed by atoms with Gasteiger partial charge < -0.3 is 15.0 Å². The van der Waals surface area contributed by atoms with E-state index >= 15 is 0 Å². The Kier molecular flexibility index (Phi) is 8.50. The number of fused-ring (bicyclic) bond motifs is 1. The Labute approximate surface area is 218 Å². The Morgan fingerprint density at radius 1 is 1.06 bits per heavy atom. The summed E-state index contributed by atoms with van der Waals surface area (Å²) in [6.45, 7) is 7.32. The Hall–Kier alpha value is -2.28. The third kappa shape index (κ3) is 6.65. The van der Waals surface area contributed by atoms with Crippen molar-refractivity contribution in [3.05, 3.63) is 74.7 Å². The number of nitrogens with zero attached hydrogens (tertiary/aromatic N) is 1. The van der Waals surface area contributed by atoms with Crippen molar-refractivity contribution in [3.63, 3.8) is 0 Å². The Morgan fingerprint density at radius 2 is 1.76 bits per heavy atom. The van der Waals surface area contributed by atoms with Gasteiger partial charge in [-0.1, -0.05) is 59.6 Å². The van der Waals surface area contributed by atoms with Gasteiger partial charge in [-0.2, -0.15) is 0 Å². The van der Waals surface area contributed by atoms with Gasteiger partial charge in [0.1, 0.15) is 11.8 Å². The molecule has 0 aliphatic rings. The van der Waals surface area contributed by atoms with Gasteiger partial charge in [-0.3, -0.25) is 9.59 Å². The molecule has 34 heavy (non-hydrogen) atoms. The smallest absolute Gasteiger partial charge is 0.261 e. The number of amides is 2. The van der Waals surface area contributed by atoms with Crippen LogP contribution in [0.15, 0.2) is 59.1 Å². The molecule has 0 radical (unpaired) electrons. The number of carbonyl (C=O) groups is 2. The SMILES string of the molecule is C[C@H](C(=O)NC(C)(C)C)N(Cc1ccc(Cl)c(Cl)c1)C(=O)COc1ccc2ccccc2c1Br. The molecule has 0 saturated heterocycles. The molecule has 3 aromatic rings. The first-order chi connectivity index (χ1) is 16.0. The first kappa shape index (κ1) is 26.3. The topological polar surface area (TPSA) is 58.6 Å². The summed E-state index contributed by atoms with van der Waals surface area (Å²) >= 11 is 15.8. The van der Waals surface area contributed by atoms with Gasteiger partial charge in [0.05, 0.1) is 14.5 Å². The summed E-state index contributed by atoms with van der Waals surface area (Å²) in [6.07, 6.45) is 0. The summed E-state index contributed by atoms with van der Waals surface area (Å²) in [5.41, 5.74) is 0.320. The van der Waals surface area contributed by atoms with E-state index in [0.717, 1.165) is 20.8 Å². The molecular weight excluding hydrogens is 539 g/mol. The molecule has 0 bridgehead atoms. The normalized spacial score (nSPS) is 12.3. The minimum atomic E-state index is -0.732. The first-order valence-electron chi connectivity index (χ1n) is 10.8. The van der Waals surface area contributed by atoms with E-state index in [4.69, 9.17) is 27.9 Å². The van der Waals surface area contributed by atoms with Crippen molar-refractivity contribution < 1.29 is 14.3 Å². The molecule has 2 amide bonds. The van der Waals surface area contributed by atoms with Crippen molar-refractivity contribution in [2.75, 3.05) is 6.61 Å². The van der Waals surface area contributed by atoms with E-state index in [1.807, 2.05) is 57.2 Å². The predicted octanol–water partition coefficient (Wildman–Crippen LogP) is 6.62. The Balaban J connectivity index is 1.82. The van der Waals surface area contributed by atoms with Crippen LogP contribution in [-0.2, 0) is 16.1 Å². The molecule has 0 spiro atoms. The maximum absolute atomic E-state index is 13.3. The molecule has 0 heterocycles. The maximum atomic E-state index is 13.3. The average Bonchev–Trinajstić information content (AvgIpc) is 2.77. The van der Waals surface area contributed by atoms with Crippen LogP contribution in [-0.4, -0.2) is 34.9 Å². The van der Waals surface area contributed by atoms with Crippen molar-refractivity contribution in [2.45, 2.75) is 45.8 Å². The van der Waals surface area contributed by atoms with E-state index in [1.54, 1.807) is 25.1 Å². The van der Waals surface area contributed by atoms with Gasteiger partial charge in [0.15, 0.2) is 6.61 Å². The first-order valence-corrected chi connectivity index (χ1v) is 12.4. The van der Waals surface area contributed by atoms with Crippen LogP contribution in [0.3, 0.4) is 0 Å². The fourth-order valence-electron chi connectivity index (χ4n) is 3.44. The summed E-state index contributed by atoms with van der Waals surface area (Å²) in [5.74, 6) is -0.0381. The van der Waals surface area contributed by atoms with E-state index in [0.29, 0.717) is 15.8 Å². The highest BCUT2D eigenvalue weighted by Crippen LogP contribution is 2.33. The molecule has 180 valence electrons. The number of carbonyl (C=O) groups excluding carboxylic acids is 2. The second kappa shape index (κ2) is 11.0. The van der Waals surface area contributed by atoms with E-state index in [9.17, 15) is 9.59 Å². The molecule has 5 nitrogen and oxygen atoms in total. The molecule has 1 N–H and O–H groups in total. The fourth-order valence-corrected chi connectivity index (χ4v) is 4.37. The van der Waals surface area contributed by atoms with Crippen LogP contribution >= 0.6 is 39.1 Å². The molecule has 0 saturated carbocycles. The average molecular weight is 566 g/mol. The standard InChI is InChI=1S/C26H27BrCl2N2O3/c1-16(25(33)30-26(2,3)4)31(14-17-9-11-20(28)21(29)13-17)23(32)15-34-22-12-10-18-7-5-6-8-19(18)24(22)27/h5-13,16H,14-15H2,1-4H3,(H,30,33)/t16-/m1/s1. The highest BCUT2D eigenvalue weighted by atomic mass is 79.9. The largest absolute Gasteiger partial charge is 0.483 e. The second-order valence-electron chi connectivity index (χ2n) is 9.07. The van der Waals surface area contributed by atoms with Crippen molar-refractivity contribution in [2.24, 2.45) is 0 Å². The molecule has 0 fully saturated rings. The lowest BCUT2D eigenvalue weighted by Gasteiger charge is -2.31. The van der Waals surface area contributed by atoms with E-state index in [-0.39, 0.29) is 25.0 Å². The zero-order valence-electron chi connectivity index (χ0n) is 19.5. The van der Waals surface area contributed by atoms with Gasteiger partial charge in [-0.25, -0.2) is 0 Å². The number of rotatable bonds is 7. The van der Waals surface area contributed by atoms with Crippen LogP contribution in [0.4, 0.5) is 0 Å². The molecule has 3 aromatic carbocycles. The predicted molar refractivity (Wildman–Crippen MR) is 142 cm³/mol. The second-order valence-corrected chi connectivity index (χ2v) is 10.7. The lowest BCUT2D eigenvalue weighted by molar-refractivity contribution is -0.142. The third-order valence-electron chi connectivity index (χ3n) is 5.18. The van der Waals surface area contributed by atoms with E-state index in [2.05, 4.69) is 21.2 Å². The summed E-state index contributed by atoms with van der Waals surface area (Å²) < 4.78 is 6.65. The molecule has 1 atom stereocenters. The van der Waals surface area contributed by atoms with Crippen LogP contribution in [0.1, 0.15) is 33.3 Å². The summed E-state index contributed by atoms with van der Waals surface area (Å²) in [4.78, 5) is 27.7. The third-order valence-corrected chi connectivity index (χ3v) is 6.74. The summed E-state index contributed by atoms with van der Waals surface area (Å²) in [5, 5.41) is 5.78. The number of benzene rings is 3. The Morgan fingerprint density at radius 3 is 2.44 bits per heavy atom. The maximum Gasteiger partial charge on any atom is 0.261 e. The number of ether oxygens (including phenoxy) is 1. The van der Waals surface area contributed by atoms with Gasteiger partial charge >= 0.3 is 0 Å². The van der Waals surface area contributed by atoms with Crippen molar-refractivity contribution in [3.8, 4) is 5.75 Å². The van der Waals surface area contributed by atoms with Crippen LogP contribution < -0.4 is 10.1 Å². The summed E-state index contributed by atoms with van der Waals surface area (Å²) in [6, 6.07) is 16.1. The van der Waals surface area contributed by atoms with Gasteiger partial charge in [0.25, 0.3) is 5.91 Å². The van der Waals surface area contributed by atoms with Crippen LogP contribution in [0.5, 0.6) is 5.75 Å². The van der Waals surface area contributed by atoms with Gasteiger partial charge in [0.2, 0.25) is 5.91 Å². The minimum Gasteiger partial charge on any atom is -0.483 e. The molecule has 0 unspecified atom stereocenters. The van der Waals surface area contributed by atoms with Crippen molar-refractivity contribution >= 4 is 61.7 Å². The zero-order valence-corrected chi connectivity index (χ0v) is 22.6. The van der Waals surface area contributed by atoms with Gasteiger partial charge in [-0.05, 0) is 78.2 Å². The van der Waals surface area contributed by atoms with Crippen LogP contribution in [0.2, 0.25) is 10.0 Å². The quantitative estimate of drug-likeness (QED) is 0.350. The van der Waals surface area contributed by atoms with Crippen molar-refractivity contribution in [1.29, 1.82) is 0 Å². The minimum absolute atomic E-state index is 0.177. The van der Waals surface area contributed by atoms with Crippen LogP contribution in [0.25, 0.3) is 10.8 Å². The molecule has 8 heteroatoms. The van der Waals surface area contributed by atoms with E-state index in [1.165, 1.54) is 4.90 Å². The molecule has 0 aliphatic carbocycles. The molecule has 0 aliphatic heterocycles. The van der Waals surface area contributed by atoms with Gasteiger partial charge in [-0.15, -0.1) is 0 Å². The molecule has 3 rings (SSSR count). The highest BCUT2D eigenvalue weighted by Gasteiger charge is 2.29. The molecular formula is C26H27BrCl2N2O3. The number of halogens is 3. The monoisotopic (exact) mass is 564 g/mol. The fraction of sp³-hybridized carbons (Fsp3) is 0.308.